The van der Waals surface area contributed by atoms with E-state index in [9.17, 15) is 4.79 Å². The third-order valence-corrected chi connectivity index (χ3v) is 2.33. The molecule has 16 heavy (non-hydrogen) atoms. The molecule has 0 saturated heterocycles. The second kappa shape index (κ2) is 3.97. The molecule has 2 nitrogen and oxygen atoms in total. The number of hydrogen-bond acceptors (Lipinski definition) is 2. The summed E-state index contributed by atoms with van der Waals surface area (Å²) in [5, 5.41) is 0.977. The molecule has 0 saturated carbocycles. The standard InChI is InChI=1S/C14H14O2/c1-9(2)6-12(15)14-8-11-7-10(3)4-5-13(11)16-14/h4-8H,1-3H3. The third-order valence-electron chi connectivity index (χ3n) is 2.33. The van der Waals surface area contributed by atoms with Gasteiger partial charge >= 0.3 is 0 Å². The first kappa shape index (κ1) is 10.7. The fourth-order valence-electron chi connectivity index (χ4n) is 1.62. The van der Waals surface area contributed by atoms with Crippen molar-refractivity contribution in [2.75, 3.05) is 0 Å². The Labute approximate surface area is 94.6 Å². The number of fused-ring (bicyclic) bond motifs is 1. The van der Waals surface area contributed by atoms with E-state index in [1.165, 1.54) is 0 Å². The fourth-order valence-corrected chi connectivity index (χ4v) is 1.62. The molecule has 1 heterocycles. The van der Waals surface area contributed by atoms with E-state index in [1.54, 1.807) is 12.1 Å². The topological polar surface area (TPSA) is 30.2 Å². The predicted octanol–water partition coefficient (Wildman–Crippen LogP) is 3.89. The van der Waals surface area contributed by atoms with Gasteiger partial charge in [0.25, 0.3) is 0 Å². The van der Waals surface area contributed by atoms with E-state index in [0.29, 0.717) is 5.76 Å². The Balaban J connectivity index is 2.47. The molecule has 82 valence electrons. The van der Waals surface area contributed by atoms with Crippen LogP contribution in [0.4, 0.5) is 0 Å². The van der Waals surface area contributed by atoms with Crippen molar-refractivity contribution in [3.05, 3.63) is 47.2 Å². The van der Waals surface area contributed by atoms with Crippen LogP contribution in [0.5, 0.6) is 0 Å². The lowest BCUT2D eigenvalue weighted by molar-refractivity contribution is 0.102. The lowest BCUT2D eigenvalue weighted by Crippen LogP contribution is -1.91. The van der Waals surface area contributed by atoms with Crippen LogP contribution in [0.15, 0.2) is 40.3 Å². The lowest BCUT2D eigenvalue weighted by atomic mass is 10.1. The lowest BCUT2D eigenvalue weighted by Gasteiger charge is -1.90. The Morgan fingerprint density at radius 3 is 2.69 bits per heavy atom. The summed E-state index contributed by atoms with van der Waals surface area (Å²) in [5.74, 6) is 0.329. The Morgan fingerprint density at radius 1 is 1.25 bits per heavy atom. The molecule has 0 aliphatic carbocycles. The van der Waals surface area contributed by atoms with Crippen LogP contribution in [-0.2, 0) is 0 Å². The average Bonchev–Trinajstić information content (AvgIpc) is 2.59. The van der Waals surface area contributed by atoms with E-state index < -0.39 is 0 Å². The molecule has 2 rings (SSSR count). The van der Waals surface area contributed by atoms with Gasteiger partial charge < -0.3 is 4.42 Å². The Bertz CT molecular complexity index is 569. The second-order valence-electron chi connectivity index (χ2n) is 4.24. The molecular weight excluding hydrogens is 200 g/mol. The number of aryl methyl sites for hydroxylation is 1. The molecule has 0 atom stereocenters. The SMILES string of the molecule is CC(C)=CC(=O)c1cc2cc(C)ccc2o1. The normalized spacial score (nSPS) is 10.4. The zero-order valence-corrected chi connectivity index (χ0v) is 9.70. The summed E-state index contributed by atoms with van der Waals surface area (Å²) in [4.78, 5) is 11.7. The number of rotatable bonds is 2. The molecule has 0 radical (unpaired) electrons. The number of carbonyl (C=O) groups excluding carboxylic acids is 1. The summed E-state index contributed by atoms with van der Waals surface area (Å²) in [7, 11) is 0. The summed E-state index contributed by atoms with van der Waals surface area (Å²) >= 11 is 0. The molecule has 0 bridgehead atoms. The summed E-state index contributed by atoms with van der Waals surface area (Å²) in [5.41, 5.74) is 2.90. The first-order valence-electron chi connectivity index (χ1n) is 5.26. The van der Waals surface area contributed by atoms with Crippen LogP contribution in [0, 0.1) is 6.92 Å². The zero-order valence-electron chi connectivity index (χ0n) is 9.70. The molecular formula is C14H14O2. The molecule has 0 unspecified atom stereocenters. The Morgan fingerprint density at radius 2 is 2.00 bits per heavy atom. The van der Waals surface area contributed by atoms with Crippen LogP contribution in [0.25, 0.3) is 11.0 Å². The van der Waals surface area contributed by atoms with Gasteiger partial charge in [-0.1, -0.05) is 17.2 Å². The van der Waals surface area contributed by atoms with Gasteiger partial charge in [-0.25, -0.2) is 0 Å². The maximum atomic E-state index is 11.7. The van der Waals surface area contributed by atoms with Crippen LogP contribution < -0.4 is 0 Å². The summed E-state index contributed by atoms with van der Waals surface area (Å²) < 4.78 is 5.49. The van der Waals surface area contributed by atoms with Crippen molar-refractivity contribution in [3.63, 3.8) is 0 Å². The van der Waals surface area contributed by atoms with Crippen LogP contribution in [0.1, 0.15) is 30.0 Å². The van der Waals surface area contributed by atoms with E-state index in [-0.39, 0.29) is 5.78 Å². The minimum atomic E-state index is -0.0751. The first-order valence-corrected chi connectivity index (χ1v) is 5.26. The van der Waals surface area contributed by atoms with Gasteiger partial charge in [-0.3, -0.25) is 4.79 Å². The van der Waals surface area contributed by atoms with Crippen molar-refractivity contribution in [1.82, 2.24) is 0 Å². The average molecular weight is 214 g/mol. The predicted molar refractivity (Wildman–Crippen MR) is 64.7 cm³/mol. The Kier molecular flexibility index (Phi) is 2.65. The molecule has 1 aromatic heterocycles. The number of carbonyl (C=O) groups is 1. The van der Waals surface area contributed by atoms with Crippen molar-refractivity contribution < 1.29 is 9.21 Å². The summed E-state index contributed by atoms with van der Waals surface area (Å²) in [6, 6.07) is 7.67. The minimum absolute atomic E-state index is 0.0751. The largest absolute Gasteiger partial charge is 0.453 e. The van der Waals surface area contributed by atoms with Crippen molar-refractivity contribution >= 4 is 16.8 Å². The molecule has 0 aliphatic rings. The molecule has 0 amide bonds. The highest BCUT2D eigenvalue weighted by Crippen LogP contribution is 2.21. The maximum Gasteiger partial charge on any atom is 0.220 e. The van der Waals surface area contributed by atoms with Gasteiger partial charge in [0.05, 0.1) is 0 Å². The Hall–Kier alpha value is -1.83. The quantitative estimate of drug-likeness (QED) is 0.560. The fraction of sp³-hybridized carbons (Fsp3) is 0.214. The van der Waals surface area contributed by atoms with E-state index >= 15 is 0 Å². The smallest absolute Gasteiger partial charge is 0.220 e. The van der Waals surface area contributed by atoms with E-state index in [1.807, 2.05) is 39.0 Å². The van der Waals surface area contributed by atoms with Crippen LogP contribution >= 0.6 is 0 Å². The number of hydrogen-bond donors (Lipinski definition) is 0. The number of benzene rings is 1. The highest BCUT2D eigenvalue weighted by Gasteiger charge is 2.09. The van der Waals surface area contributed by atoms with E-state index in [2.05, 4.69) is 0 Å². The van der Waals surface area contributed by atoms with Crippen molar-refractivity contribution in [3.8, 4) is 0 Å². The monoisotopic (exact) mass is 214 g/mol. The number of furan rings is 1. The van der Waals surface area contributed by atoms with E-state index in [0.717, 1.165) is 22.1 Å². The van der Waals surface area contributed by atoms with Gasteiger partial charge in [0.15, 0.2) is 5.76 Å². The van der Waals surface area contributed by atoms with Crippen LogP contribution in [-0.4, -0.2) is 5.78 Å². The summed E-state index contributed by atoms with van der Waals surface area (Å²) in [6.07, 6.45) is 1.59. The van der Waals surface area contributed by atoms with E-state index in [4.69, 9.17) is 4.42 Å². The number of ketones is 1. The van der Waals surface area contributed by atoms with Crippen LogP contribution in [0.3, 0.4) is 0 Å². The molecule has 0 fully saturated rings. The number of allylic oxidation sites excluding steroid dienone is 2. The van der Waals surface area contributed by atoms with Crippen LogP contribution in [0.2, 0.25) is 0 Å². The van der Waals surface area contributed by atoms with Gasteiger partial charge in [0.2, 0.25) is 5.78 Å². The minimum Gasteiger partial charge on any atom is -0.453 e. The zero-order chi connectivity index (χ0) is 11.7. The third kappa shape index (κ3) is 2.06. The van der Waals surface area contributed by atoms with Gasteiger partial charge in [0.1, 0.15) is 5.58 Å². The van der Waals surface area contributed by atoms with Gasteiger partial charge in [-0.05, 0) is 45.0 Å². The van der Waals surface area contributed by atoms with Crippen molar-refractivity contribution in [2.24, 2.45) is 0 Å². The molecule has 0 spiro atoms. The second-order valence-corrected chi connectivity index (χ2v) is 4.24. The highest BCUT2D eigenvalue weighted by molar-refractivity contribution is 6.05. The maximum absolute atomic E-state index is 11.7. The van der Waals surface area contributed by atoms with Crippen molar-refractivity contribution in [1.29, 1.82) is 0 Å². The molecule has 0 N–H and O–H groups in total. The van der Waals surface area contributed by atoms with Gasteiger partial charge in [-0.2, -0.15) is 0 Å². The molecule has 1 aromatic carbocycles. The molecule has 2 heteroatoms. The molecule has 0 aliphatic heterocycles. The first-order chi connectivity index (χ1) is 7.56. The molecule has 2 aromatic rings. The van der Waals surface area contributed by atoms with Gasteiger partial charge in [-0.15, -0.1) is 0 Å². The van der Waals surface area contributed by atoms with Gasteiger partial charge in [0, 0.05) is 5.39 Å². The summed E-state index contributed by atoms with van der Waals surface area (Å²) in [6.45, 7) is 5.80. The van der Waals surface area contributed by atoms with Crippen molar-refractivity contribution in [2.45, 2.75) is 20.8 Å². The highest BCUT2D eigenvalue weighted by atomic mass is 16.3.